The molecule has 3 rings (SSSR count). The molecule has 2 heterocycles. The van der Waals surface area contributed by atoms with Crippen molar-refractivity contribution >= 4 is 21.6 Å². The van der Waals surface area contributed by atoms with E-state index in [1.165, 1.54) is 10.4 Å². The summed E-state index contributed by atoms with van der Waals surface area (Å²) in [4.78, 5) is 15.2. The average Bonchev–Trinajstić information content (AvgIpc) is 2.74. The zero-order valence-electron chi connectivity index (χ0n) is 17.2. The van der Waals surface area contributed by atoms with Crippen LogP contribution in [0.15, 0.2) is 23.1 Å². The van der Waals surface area contributed by atoms with E-state index in [4.69, 9.17) is 9.47 Å². The number of carbonyl (C=O) groups excluding carboxylic acids is 1. The van der Waals surface area contributed by atoms with Crippen LogP contribution in [0, 0.1) is 0 Å². The monoisotopic (exact) mass is 425 g/mol. The number of ether oxygens (including phenoxy) is 2. The molecule has 0 spiro atoms. The fourth-order valence-corrected chi connectivity index (χ4v) is 5.33. The zero-order chi connectivity index (χ0) is 20.9. The molecular formula is C20H31N3O5S. The fraction of sp³-hybridized carbons (Fsp3) is 0.650. The van der Waals surface area contributed by atoms with Gasteiger partial charge in [-0.05, 0) is 38.0 Å². The van der Waals surface area contributed by atoms with E-state index in [-0.39, 0.29) is 16.8 Å². The third kappa shape index (κ3) is 5.28. The van der Waals surface area contributed by atoms with Crippen molar-refractivity contribution < 1.29 is 22.7 Å². The number of morpholine rings is 1. The number of hydrogen-bond donors (Lipinski definition) is 1. The van der Waals surface area contributed by atoms with Crippen LogP contribution in [0.4, 0.5) is 5.69 Å². The third-order valence-corrected chi connectivity index (χ3v) is 7.21. The van der Waals surface area contributed by atoms with Crippen molar-refractivity contribution in [1.82, 2.24) is 9.62 Å². The molecule has 0 aliphatic carbocycles. The minimum absolute atomic E-state index is 0.168. The van der Waals surface area contributed by atoms with Crippen LogP contribution in [-0.2, 0) is 19.5 Å². The number of nitrogens with zero attached hydrogens (tertiary/aromatic N) is 2. The summed E-state index contributed by atoms with van der Waals surface area (Å²) in [5.74, 6) is -0.299. The molecule has 2 saturated heterocycles. The van der Waals surface area contributed by atoms with Crippen LogP contribution >= 0.6 is 0 Å². The van der Waals surface area contributed by atoms with E-state index in [1.807, 2.05) is 6.92 Å². The van der Waals surface area contributed by atoms with Gasteiger partial charge in [-0.2, -0.15) is 4.31 Å². The largest absolute Gasteiger partial charge is 0.383 e. The molecule has 0 aromatic heterocycles. The SMILES string of the molecule is COC[C@H](C)NC(=O)c1cc(S(=O)(=O)N2CCCCC2)ccc1N1CCOCC1. The first-order chi connectivity index (χ1) is 13.9. The summed E-state index contributed by atoms with van der Waals surface area (Å²) >= 11 is 0. The van der Waals surface area contributed by atoms with Crippen molar-refractivity contribution in [2.24, 2.45) is 0 Å². The van der Waals surface area contributed by atoms with Gasteiger partial charge in [0.25, 0.3) is 5.91 Å². The van der Waals surface area contributed by atoms with Gasteiger partial charge in [0.05, 0.1) is 30.3 Å². The van der Waals surface area contributed by atoms with E-state index in [2.05, 4.69) is 10.2 Å². The number of amides is 1. The maximum absolute atomic E-state index is 13.1. The van der Waals surface area contributed by atoms with Crippen LogP contribution in [0.5, 0.6) is 0 Å². The van der Waals surface area contributed by atoms with Gasteiger partial charge in [-0.3, -0.25) is 4.79 Å². The van der Waals surface area contributed by atoms with Gasteiger partial charge < -0.3 is 19.7 Å². The van der Waals surface area contributed by atoms with E-state index in [9.17, 15) is 13.2 Å². The standard InChI is InChI=1S/C20H31N3O5S/c1-16(15-27-2)21-20(24)18-14-17(29(25,26)23-8-4-3-5-9-23)6-7-19(18)22-10-12-28-13-11-22/h6-7,14,16H,3-5,8-13,15H2,1-2H3,(H,21,24)/t16-/m0/s1. The lowest BCUT2D eigenvalue weighted by molar-refractivity contribution is 0.0904. The van der Waals surface area contributed by atoms with Gasteiger partial charge in [-0.1, -0.05) is 6.42 Å². The second-order valence-corrected chi connectivity index (χ2v) is 9.51. The van der Waals surface area contributed by atoms with Gasteiger partial charge in [0, 0.05) is 45.0 Å². The van der Waals surface area contributed by atoms with Crippen LogP contribution in [0.25, 0.3) is 0 Å². The number of benzene rings is 1. The number of sulfonamides is 1. The molecule has 2 aliphatic rings. The van der Waals surface area contributed by atoms with Crippen molar-refractivity contribution in [3.05, 3.63) is 23.8 Å². The predicted octanol–water partition coefficient (Wildman–Crippen LogP) is 1.46. The number of piperidine rings is 1. The first kappa shape index (κ1) is 22.0. The highest BCUT2D eigenvalue weighted by Gasteiger charge is 2.28. The fourth-order valence-electron chi connectivity index (χ4n) is 3.79. The molecule has 1 N–H and O–H groups in total. The van der Waals surface area contributed by atoms with Gasteiger partial charge in [-0.25, -0.2) is 8.42 Å². The molecule has 2 aliphatic heterocycles. The number of methoxy groups -OCH3 is 1. The minimum Gasteiger partial charge on any atom is -0.383 e. The van der Waals surface area contributed by atoms with Gasteiger partial charge >= 0.3 is 0 Å². The Morgan fingerprint density at radius 3 is 2.52 bits per heavy atom. The normalized spacial score (nSPS) is 19.7. The Morgan fingerprint density at radius 2 is 1.86 bits per heavy atom. The Hall–Kier alpha value is -1.68. The predicted molar refractivity (Wildman–Crippen MR) is 111 cm³/mol. The molecule has 0 unspecified atom stereocenters. The zero-order valence-corrected chi connectivity index (χ0v) is 18.0. The van der Waals surface area contributed by atoms with Crippen molar-refractivity contribution in [3.63, 3.8) is 0 Å². The molecule has 1 aromatic rings. The van der Waals surface area contributed by atoms with Crippen LogP contribution in [0.3, 0.4) is 0 Å². The summed E-state index contributed by atoms with van der Waals surface area (Å²) in [5, 5.41) is 2.90. The van der Waals surface area contributed by atoms with Crippen LogP contribution in [0.2, 0.25) is 0 Å². The Morgan fingerprint density at radius 1 is 1.17 bits per heavy atom. The van der Waals surface area contributed by atoms with Crippen molar-refractivity contribution in [1.29, 1.82) is 0 Å². The lowest BCUT2D eigenvalue weighted by Gasteiger charge is -2.31. The topological polar surface area (TPSA) is 88.2 Å². The number of anilines is 1. The van der Waals surface area contributed by atoms with Gasteiger partial charge in [-0.15, -0.1) is 0 Å². The molecule has 8 nitrogen and oxygen atoms in total. The second kappa shape index (κ2) is 9.88. The van der Waals surface area contributed by atoms with Gasteiger partial charge in [0.2, 0.25) is 10.0 Å². The molecule has 1 amide bonds. The summed E-state index contributed by atoms with van der Waals surface area (Å²) in [7, 11) is -2.04. The Bertz CT molecular complexity index is 802. The molecule has 1 aromatic carbocycles. The highest BCUT2D eigenvalue weighted by atomic mass is 32.2. The average molecular weight is 426 g/mol. The van der Waals surface area contributed by atoms with Crippen molar-refractivity contribution in [2.75, 3.05) is 58.0 Å². The van der Waals surface area contributed by atoms with Crippen molar-refractivity contribution in [2.45, 2.75) is 37.1 Å². The summed E-state index contributed by atoms with van der Waals surface area (Å²) in [6.07, 6.45) is 2.78. The maximum Gasteiger partial charge on any atom is 0.253 e. The number of hydrogen-bond acceptors (Lipinski definition) is 6. The summed E-state index contributed by atoms with van der Waals surface area (Å²) in [6.45, 7) is 5.76. The van der Waals surface area contributed by atoms with Crippen LogP contribution < -0.4 is 10.2 Å². The maximum atomic E-state index is 13.1. The molecular weight excluding hydrogens is 394 g/mol. The number of nitrogens with one attached hydrogen (secondary N) is 1. The molecule has 2 fully saturated rings. The van der Waals surface area contributed by atoms with E-state index in [1.54, 1.807) is 19.2 Å². The summed E-state index contributed by atoms with van der Waals surface area (Å²) in [5.41, 5.74) is 1.10. The van der Waals surface area contributed by atoms with Crippen LogP contribution in [-0.4, -0.2) is 77.8 Å². The molecule has 0 bridgehead atoms. The summed E-state index contributed by atoms with van der Waals surface area (Å²) in [6, 6.07) is 4.69. The van der Waals surface area contributed by atoms with E-state index in [0.717, 1.165) is 24.9 Å². The Labute approximate surface area is 173 Å². The number of carbonyl (C=O) groups is 1. The lowest BCUT2D eigenvalue weighted by atomic mass is 10.1. The highest BCUT2D eigenvalue weighted by Crippen LogP contribution is 2.28. The minimum atomic E-state index is -3.62. The molecule has 9 heteroatoms. The third-order valence-electron chi connectivity index (χ3n) is 5.31. The molecule has 0 radical (unpaired) electrons. The van der Waals surface area contributed by atoms with Crippen LogP contribution in [0.1, 0.15) is 36.5 Å². The molecule has 162 valence electrons. The lowest BCUT2D eigenvalue weighted by Crippen LogP contribution is -2.40. The molecule has 1 atom stereocenters. The Balaban J connectivity index is 1.94. The second-order valence-electron chi connectivity index (χ2n) is 7.57. The van der Waals surface area contributed by atoms with Gasteiger partial charge in [0.1, 0.15) is 0 Å². The summed E-state index contributed by atoms with van der Waals surface area (Å²) < 4.78 is 38.3. The van der Waals surface area contributed by atoms with Gasteiger partial charge in [0.15, 0.2) is 0 Å². The number of rotatable bonds is 7. The quantitative estimate of drug-likeness (QED) is 0.712. The van der Waals surface area contributed by atoms with E-state index >= 15 is 0 Å². The van der Waals surface area contributed by atoms with E-state index in [0.29, 0.717) is 51.6 Å². The molecule has 0 saturated carbocycles. The van der Waals surface area contributed by atoms with Crippen molar-refractivity contribution in [3.8, 4) is 0 Å². The highest BCUT2D eigenvalue weighted by molar-refractivity contribution is 7.89. The first-order valence-electron chi connectivity index (χ1n) is 10.2. The molecule has 29 heavy (non-hydrogen) atoms. The first-order valence-corrected chi connectivity index (χ1v) is 11.6. The smallest absolute Gasteiger partial charge is 0.253 e. The van der Waals surface area contributed by atoms with E-state index < -0.39 is 10.0 Å². The Kier molecular flexibility index (Phi) is 7.50.